The van der Waals surface area contributed by atoms with Gasteiger partial charge in [0.1, 0.15) is 0 Å². The zero-order chi connectivity index (χ0) is 11.1. The van der Waals surface area contributed by atoms with Crippen LogP contribution in [0.5, 0.6) is 0 Å². The first-order valence-electron chi connectivity index (χ1n) is 6.13. The number of rotatable bonds is 0. The molecule has 1 unspecified atom stereocenters. The molecule has 1 atom stereocenters. The molecule has 1 aromatic carbocycles. The summed E-state index contributed by atoms with van der Waals surface area (Å²) in [7, 11) is 0. The van der Waals surface area contributed by atoms with Crippen LogP contribution in [0.15, 0.2) is 24.3 Å². The highest BCUT2D eigenvalue weighted by atomic mass is 14.7. The van der Waals surface area contributed by atoms with E-state index in [1.54, 1.807) is 0 Å². The number of hydrogen-bond acceptors (Lipinski definition) is 1. The maximum absolute atomic E-state index is 4.81. The third kappa shape index (κ3) is 1.42. The lowest BCUT2D eigenvalue weighted by Gasteiger charge is -2.23. The second-order valence-corrected chi connectivity index (χ2v) is 5.03. The highest BCUT2D eigenvalue weighted by molar-refractivity contribution is 5.83. The molecule has 0 amide bonds. The Labute approximate surface area is 96.5 Å². The van der Waals surface area contributed by atoms with Gasteiger partial charge in [-0.05, 0) is 49.3 Å². The summed E-state index contributed by atoms with van der Waals surface area (Å²) in [6, 6.07) is 8.50. The van der Waals surface area contributed by atoms with Crippen LogP contribution in [-0.2, 0) is 12.8 Å². The van der Waals surface area contributed by atoms with E-state index < -0.39 is 0 Å². The van der Waals surface area contributed by atoms with E-state index in [2.05, 4.69) is 38.1 Å². The van der Waals surface area contributed by atoms with Gasteiger partial charge >= 0.3 is 0 Å². The van der Waals surface area contributed by atoms with Gasteiger partial charge in [-0.25, -0.2) is 0 Å². The van der Waals surface area contributed by atoms with Gasteiger partial charge in [0, 0.05) is 11.1 Å². The standard InChI is InChI=1S/C15H17N/c1-10-7-8-15-13(9-10)11(2)12-5-3-4-6-14(12)16-15/h3-6,10H,7-9H2,1-2H3. The number of pyridine rings is 1. The van der Waals surface area contributed by atoms with E-state index in [0.717, 1.165) is 17.9 Å². The number of hydrogen-bond donors (Lipinski definition) is 0. The molecule has 16 heavy (non-hydrogen) atoms. The molecular weight excluding hydrogens is 194 g/mol. The average Bonchev–Trinajstić information content (AvgIpc) is 2.31. The monoisotopic (exact) mass is 211 g/mol. The van der Waals surface area contributed by atoms with Gasteiger partial charge in [-0.1, -0.05) is 25.1 Å². The second kappa shape index (κ2) is 3.58. The normalized spacial score (nSPS) is 19.8. The van der Waals surface area contributed by atoms with Crippen LogP contribution in [0.2, 0.25) is 0 Å². The van der Waals surface area contributed by atoms with Crippen molar-refractivity contribution in [2.24, 2.45) is 5.92 Å². The van der Waals surface area contributed by atoms with Crippen molar-refractivity contribution >= 4 is 10.9 Å². The minimum absolute atomic E-state index is 0.814. The third-order valence-corrected chi connectivity index (χ3v) is 3.79. The van der Waals surface area contributed by atoms with Crippen molar-refractivity contribution in [1.82, 2.24) is 4.98 Å². The van der Waals surface area contributed by atoms with Crippen molar-refractivity contribution in [2.45, 2.75) is 33.1 Å². The lowest BCUT2D eigenvalue weighted by atomic mass is 9.84. The number of aryl methyl sites for hydroxylation is 2. The highest BCUT2D eigenvalue weighted by Gasteiger charge is 2.19. The molecule has 0 aliphatic heterocycles. The molecule has 1 nitrogen and oxygen atoms in total. The Bertz CT molecular complexity index is 542. The molecule has 1 heterocycles. The van der Waals surface area contributed by atoms with Crippen molar-refractivity contribution in [2.75, 3.05) is 0 Å². The summed E-state index contributed by atoms with van der Waals surface area (Å²) in [5.74, 6) is 0.814. The van der Waals surface area contributed by atoms with Crippen LogP contribution in [0.4, 0.5) is 0 Å². The third-order valence-electron chi connectivity index (χ3n) is 3.79. The topological polar surface area (TPSA) is 12.9 Å². The highest BCUT2D eigenvalue weighted by Crippen LogP contribution is 2.30. The molecule has 3 rings (SSSR count). The van der Waals surface area contributed by atoms with Crippen LogP contribution < -0.4 is 0 Å². The van der Waals surface area contributed by atoms with E-state index in [0.29, 0.717) is 0 Å². The summed E-state index contributed by atoms with van der Waals surface area (Å²) in [5, 5.41) is 1.33. The van der Waals surface area contributed by atoms with Gasteiger partial charge in [0.25, 0.3) is 0 Å². The van der Waals surface area contributed by atoms with Crippen LogP contribution >= 0.6 is 0 Å². The van der Waals surface area contributed by atoms with E-state index in [9.17, 15) is 0 Å². The Morgan fingerprint density at radius 3 is 2.94 bits per heavy atom. The smallest absolute Gasteiger partial charge is 0.0708 e. The second-order valence-electron chi connectivity index (χ2n) is 5.03. The van der Waals surface area contributed by atoms with E-state index in [4.69, 9.17) is 4.98 Å². The summed E-state index contributed by atoms with van der Waals surface area (Å²) in [6.45, 7) is 4.60. The van der Waals surface area contributed by atoms with Crippen LogP contribution in [-0.4, -0.2) is 4.98 Å². The fraction of sp³-hybridized carbons (Fsp3) is 0.400. The summed E-state index contributed by atoms with van der Waals surface area (Å²) >= 11 is 0. The van der Waals surface area contributed by atoms with Gasteiger partial charge in [0.15, 0.2) is 0 Å². The molecule has 0 spiro atoms. The number of para-hydroxylation sites is 1. The number of aromatic nitrogens is 1. The lowest BCUT2D eigenvalue weighted by Crippen LogP contribution is -2.14. The Kier molecular flexibility index (Phi) is 2.20. The van der Waals surface area contributed by atoms with Crippen LogP contribution in [0.3, 0.4) is 0 Å². The van der Waals surface area contributed by atoms with E-state index >= 15 is 0 Å². The molecular formula is C15H17N. The predicted octanol–water partition coefficient (Wildman–Crippen LogP) is 3.67. The van der Waals surface area contributed by atoms with Crippen molar-refractivity contribution in [1.29, 1.82) is 0 Å². The van der Waals surface area contributed by atoms with Gasteiger partial charge in [-0.2, -0.15) is 0 Å². The molecule has 2 aromatic rings. The van der Waals surface area contributed by atoms with Crippen LogP contribution in [0, 0.1) is 12.8 Å². The Morgan fingerprint density at radius 1 is 1.25 bits per heavy atom. The number of benzene rings is 1. The molecule has 1 aromatic heterocycles. The summed E-state index contributed by atoms with van der Waals surface area (Å²) in [5.41, 5.74) is 5.47. The maximum Gasteiger partial charge on any atom is 0.0708 e. The molecule has 1 aliphatic rings. The molecule has 1 heteroatoms. The van der Waals surface area contributed by atoms with E-state index in [-0.39, 0.29) is 0 Å². The average molecular weight is 211 g/mol. The largest absolute Gasteiger partial charge is 0.253 e. The van der Waals surface area contributed by atoms with Crippen LogP contribution in [0.25, 0.3) is 10.9 Å². The Balaban J connectivity index is 2.29. The number of nitrogens with zero attached hydrogens (tertiary/aromatic N) is 1. The molecule has 0 fully saturated rings. The fourth-order valence-electron chi connectivity index (χ4n) is 2.79. The molecule has 1 aliphatic carbocycles. The summed E-state index contributed by atoms with van der Waals surface area (Å²) < 4.78 is 0. The lowest BCUT2D eigenvalue weighted by molar-refractivity contribution is 0.493. The summed E-state index contributed by atoms with van der Waals surface area (Å²) in [4.78, 5) is 4.81. The first-order chi connectivity index (χ1) is 7.75. The van der Waals surface area contributed by atoms with Gasteiger partial charge in [-0.15, -0.1) is 0 Å². The van der Waals surface area contributed by atoms with Gasteiger partial charge in [0.05, 0.1) is 5.52 Å². The maximum atomic E-state index is 4.81. The SMILES string of the molecule is Cc1c2c(nc3ccccc13)CCC(C)C2. The van der Waals surface area contributed by atoms with Gasteiger partial charge in [-0.3, -0.25) is 4.98 Å². The molecule has 0 saturated heterocycles. The minimum Gasteiger partial charge on any atom is -0.253 e. The predicted molar refractivity (Wildman–Crippen MR) is 67.7 cm³/mol. The fourth-order valence-corrected chi connectivity index (χ4v) is 2.79. The Morgan fingerprint density at radius 2 is 2.06 bits per heavy atom. The van der Waals surface area contributed by atoms with Crippen molar-refractivity contribution in [3.05, 3.63) is 41.1 Å². The van der Waals surface area contributed by atoms with Crippen molar-refractivity contribution in [3.63, 3.8) is 0 Å². The number of fused-ring (bicyclic) bond motifs is 2. The first-order valence-corrected chi connectivity index (χ1v) is 6.13. The Hall–Kier alpha value is -1.37. The quantitative estimate of drug-likeness (QED) is 0.648. The zero-order valence-corrected chi connectivity index (χ0v) is 9.96. The molecule has 0 radical (unpaired) electrons. The van der Waals surface area contributed by atoms with E-state index in [1.165, 1.54) is 35.0 Å². The summed E-state index contributed by atoms with van der Waals surface area (Å²) in [6.07, 6.45) is 3.65. The zero-order valence-electron chi connectivity index (χ0n) is 9.96. The van der Waals surface area contributed by atoms with Gasteiger partial charge < -0.3 is 0 Å². The van der Waals surface area contributed by atoms with Crippen molar-refractivity contribution in [3.8, 4) is 0 Å². The first kappa shape index (κ1) is 9.83. The molecule has 0 saturated carbocycles. The van der Waals surface area contributed by atoms with Crippen molar-refractivity contribution < 1.29 is 0 Å². The van der Waals surface area contributed by atoms with Gasteiger partial charge in [0.2, 0.25) is 0 Å². The minimum atomic E-state index is 0.814. The molecule has 0 N–H and O–H groups in total. The molecule has 82 valence electrons. The van der Waals surface area contributed by atoms with E-state index in [1.807, 2.05) is 0 Å². The molecule has 0 bridgehead atoms. The van der Waals surface area contributed by atoms with Crippen LogP contribution in [0.1, 0.15) is 30.2 Å².